The summed E-state index contributed by atoms with van der Waals surface area (Å²) in [5.74, 6) is 0.617. The van der Waals surface area contributed by atoms with Crippen molar-refractivity contribution in [2.45, 2.75) is 32.8 Å². The molecule has 0 fully saturated rings. The molecule has 0 aliphatic carbocycles. The molecule has 0 aliphatic heterocycles. The molecule has 20 heavy (non-hydrogen) atoms. The van der Waals surface area contributed by atoms with Gasteiger partial charge < -0.3 is 5.11 Å². The van der Waals surface area contributed by atoms with Gasteiger partial charge in [-0.2, -0.15) is 0 Å². The number of rotatable bonds is 5. The highest BCUT2D eigenvalue weighted by molar-refractivity contribution is 6.31. The van der Waals surface area contributed by atoms with Crippen molar-refractivity contribution >= 4 is 11.6 Å². The van der Waals surface area contributed by atoms with Gasteiger partial charge in [0.25, 0.3) is 0 Å². The lowest BCUT2D eigenvalue weighted by Crippen LogP contribution is -2.03. The van der Waals surface area contributed by atoms with E-state index in [4.69, 9.17) is 11.6 Å². The average Bonchev–Trinajstić information content (AvgIpc) is 2.41. The maximum Gasteiger partial charge on any atom is 0.0831 e. The molecular formula is C18H21ClO. The summed E-state index contributed by atoms with van der Waals surface area (Å²) in [5, 5.41) is 11.1. The van der Waals surface area contributed by atoms with E-state index in [0.717, 1.165) is 17.5 Å². The van der Waals surface area contributed by atoms with Gasteiger partial charge in [0.15, 0.2) is 0 Å². The second-order valence-electron chi connectivity index (χ2n) is 5.65. The largest absolute Gasteiger partial charge is 0.388 e. The van der Waals surface area contributed by atoms with Gasteiger partial charge in [-0.25, -0.2) is 0 Å². The van der Waals surface area contributed by atoms with Crippen molar-refractivity contribution in [2.24, 2.45) is 5.92 Å². The molecule has 1 atom stereocenters. The molecule has 0 aliphatic rings. The Kier molecular flexibility index (Phi) is 5.22. The van der Waals surface area contributed by atoms with Crippen molar-refractivity contribution in [3.05, 3.63) is 70.2 Å². The lowest BCUT2D eigenvalue weighted by molar-refractivity contribution is 0.178. The summed E-state index contributed by atoms with van der Waals surface area (Å²) in [6, 6.07) is 15.9. The first-order valence-corrected chi connectivity index (χ1v) is 7.44. The quantitative estimate of drug-likeness (QED) is 0.837. The van der Waals surface area contributed by atoms with Gasteiger partial charge in [-0.3, -0.25) is 0 Å². The molecule has 0 spiro atoms. The minimum Gasteiger partial charge on any atom is -0.388 e. The Morgan fingerprint density at radius 1 is 1.00 bits per heavy atom. The second-order valence-corrected chi connectivity index (χ2v) is 6.06. The van der Waals surface area contributed by atoms with Crippen LogP contribution in [0.1, 0.15) is 36.6 Å². The second kappa shape index (κ2) is 6.92. The van der Waals surface area contributed by atoms with Crippen molar-refractivity contribution in [1.29, 1.82) is 0 Å². The summed E-state index contributed by atoms with van der Waals surface area (Å²) in [6.45, 7) is 4.40. The van der Waals surface area contributed by atoms with E-state index >= 15 is 0 Å². The first-order chi connectivity index (χ1) is 9.56. The summed E-state index contributed by atoms with van der Waals surface area (Å²) >= 11 is 6.14. The Morgan fingerprint density at radius 3 is 2.45 bits per heavy atom. The average molecular weight is 289 g/mol. The third kappa shape index (κ3) is 4.09. The van der Waals surface area contributed by atoms with Crippen LogP contribution < -0.4 is 0 Å². The van der Waals surface area contributed by atoms with E-state index in [1.807, 2.05) is 36.4 Å². The van der Waals surface area contributed by atoms with E-state index < -0.39 is 6.10 Å². The summed E-state index contributed by atoms with van der Waals surface area (Å²) in [7, 11) is 0. The molecule has 106 valence electrons. The van der Waals surface area contributed by atoms with E-state index in [9.17, 15) is 5.11 Å². The maximum atomic E-state index is 10.4. The van der Waals surface area contributed by atoms with Crippen LogP contribution in [-0.2, 0) is 12.8 Å². The molecule has 2 aromatic carbocycles. The first kappa shape index (κ1) is 15.1. The highest BCUT2D eigenvalue weighted by atomic mass is 35.5. The van der Waals surface area contributed by atoms with Gasteiger partial charge in [0.2, 0.25) is 0 Å². The van der Waals surface area contributed by atoms with Crippen LogP contribution in [0.2, 0.25) is 5.02 Å². The maximum absolute atomic E-state index is 10.4. The predicted molar refractivity (Wildman–Crippen MR) is 85.1 cm³/mol. The fourth-order valence-corrected chi connectivity index (χ4v) is 2.60. The topological polar surface area (TPSA) is 20.2 Å². The van der Waals surface area contributed by atoms with Crippen molar-refractivity contribution < 1.29 is 5.11 Å². The van der Waals surface area contributed by atoms with Gasteiger partial charge in [-0.05, 0) is 35.1 Å². The Labute approximate surface area is 126 Å². The molecule has 0 saturated heterocycles. The Bertz CT molecular complexity index is 563. The van der Waals surface area contributed by atoms with Gasteiger partial charge in [-0.1, -0.05) is 67.9 Å². The van der Waals surface area contributed by atoms with E-state index in [2.05, 4.69) is 26.0 Å². The molecule has 0 radical (unpaired) electrons. The van der Waals surface area contributed by atoms with E-state index in [0.29, 0.717) is 17.4 Å². The van der Waals surface area contributed by atoms with Crippen LogP contribution in [0.4, 0.5) is 0 Å². The number of aliphatic hydroxyl groups is 1. The van der Waals surface area contributed by atoms with Crippen molar-refractivity contribution in [3.8, 4) is 0 Å². The Morgan fingerprint density at radius 2 is 1.75 bits per heavy atom. The third-order valence-electron chi connectivity index (χ3n) is 3.35. The first-order valence-electron chi connectivity index (χ1n) is 7.06. The van der Waals surface area contributed by atoms with Gasteiger partial charge in [0, 0.05) is 11.4 Å². The Hall–Kier alpha value is -1.31. The summed E-state index contributed by atoms with van der Waals surface area (Å²) in [5.41, 5.74) is 3.22. The number of hydrogen-bond donors (Lipinski definition) is 1. The van der Waals surface area contributed by atoms with Crippen LogP contribution in [0, 0.1) is 5.92 Å². The summed E-state index contributed by atoms with van der Waals surface area (Å²) < 4.78 is 0. The minimum absolute atomic E-state index is 0.512. The smallest absolute Gasteiger partial charge is 0.0831 e. The number of aliphatic hydroxyl groups excluding tert-OH is 1. The lowest BCUT2D eigenvalue weighted by atomic mass is 9.96. The Balaban J connectivity index is 2.13. The predicted octanol–water partition coefficient (Wildman–Crippen LogP) is 4.81. The van der Waals surface area contributed by atoms with Crippen molar-refractivity contribution in [2.75, 3.05) is 0 Å². The molecule has 0 aromatic heterocycles. The zero-order valence-corrected chi connectivity index (χ0v) is 12.8. The third-order valence-corrected chi connectivity index (χ3v) is 3.72. The van der Waals surface area contributed by atoms with E-state index in [-0.39, 0.29) is 0 Å². The van der Waals surface area contributed by atoms with Crippen LogP contribution in [0.25, 0.3) is 0 Å². The van der Waals surface area contributed by atoms with Gasteiger partial charge in [0.1, 0.15) is 0 Å². The van der Waals surface area contributed by atoms with Crippen molar-refractivity contribution in [1.82, 2.24) is 0 Å². The van der Waals surface area contributed by atoms with Crippen LogP contribution in [0.15, 0.2) is 48.5 Å². The lowest BCUT2D eigenvalue weighted by Gasteiger charge is -2.14. The molecule has 2 heteroatoms. The monoisotopic (exact) mass is 288 g/mol. The normalized spacial score (nSPS) is 12.7. The molecule has 0 saturated carbocycles. The molecule has 1 nitrogen and oxygen atoms in total. The van der Waals surface area contributed by atoms with Gasteiger partial charge >= 0.3 is 0 Å². The summed E-state index contributed by atoms with van der Waals surface area (Å²) in [4.78, 5) is 0. The molecular weight excluding hydrogens is 268 g/mol. The highest BCUT2D eigenvalue weighted by Gasteiger charge is 2.11. The van der Waals surface area contributed by atoms with Gasteiger partial charge in [-0.15, -0.1) is 0 Å². The molecule has 0 amide bonds. The van der Waals surface area contributed by atoms with Crippen molar-refractivity contribution in [3.63, 3.8) is 0 Å². The highest BCUT2D eigenvalue weighted by Crippen LogP contribution is 2.24. The zero-order valence-electron chi connectivity index (χ0n) is 12.0. The standard InChI is InChI=1S/C18H21ClO/c1-13(2)10-14-6-5-8-16(11-14)18(20)12-15-7-3-4-9-17(15)19/h3-9,11,13,18,20H,10,12H2,1-2H3. The van der Waals surface area contributed by atoms with E-state index in [1.54, 1.807) is 0 Å². The zero-order chi connectivity index (χ0) is 14.5. The number of hydrogen-bond acceptors (Lipinski definition) is 1. The van der Waals surface area contributed by atoms with Crippen LogP contribution >= 0.6 is 11.6 Å². The SMILES string of the molecule is CC(C)Cc1cccc(C(O)Cc2ccccc2Cl)c1. The van der Waals surface area contributed by atoms with Crippen LogP contribution in [0.3, 0.4) is 0 Å². The fraction of sp³-hybridized carbons (Fsp3) is 0.333. The molecule has 1 unspecified atom stereocenters. The molecule has 1 N–H and O–H groups in total. The van der Waals surface area contributed by atoms with Crippen LogP contribution in [-0.4, -0.2) is 5.11 Å². The number of halogens is 1. The summed E-state index contributed by atoms with van der Waals surface area (Å²) in [6.07, 6.45) is 1.07. The molecule has 2 rings (SSSR count). The van der Waals surface area contributed by atoms with Gasteiger partial charge in [0.05, 0.1) is 6.10 Å². The number of benzene rings is 2. The van der Waals surface area contributed by atoms with Crippen LogP contribution in [0.5, 0.6) is 0 Å². The molecule has 2 aromatic rings. The van der Waals surface area contributed by atoms with E-state index in [1.165, 1.54) is 5.56 Å². The molecule has 0 bridgehead atoms. The molecule has 0 heterocycles. The minimum atomic E-state index is -0.512. The fourth-order valence-electron chi connectivity index (χ4n) is 2.39.